The summed E-state index contributed by atoms with van der Waals surface area (Å²) >= 11 is 0. The van der Waals surface area contributed by atoms with Crippen molar-refractivity contribution in [2.24, 2.45) is 0 Å². The number of carbonyl (C=O) groups excluding carboxylic acids is 1. The third-order valence-corrected chi connectivity index (χ3v) is 6.81. The van der Waals surface area contributed by atoms with Gasteiger partial charge in [0.15, 0.2) is 11.6 Å². The second kappa shape index (κ2) is 9.38. The summed E-state index contributed by atoms with van der Waals surface area (Å²) in [5.41, 5.74) is 12.3. The fraction of sp³-hybridized carbons (Fsp3) is 0.385. The van der Waals surface area contributed by atoms with Crippen LogP contribution < -0.4 is 15.5 Å². The SMILES string of the molecule is CC1CCN(C)c2ccc(-c3cnc(N)c(C(=O)Cc4cnccc4N4CCOCC4)n3)cc21. The molecule has 0 aliphatic carbocycles. The number of ether oxygens (including phenoxy) is 1. The first kappa shape index (κ1) is 22.3. The number of nitrogen functional groups attached to an aromatic ring is 1. The minimum atomic E-state index is -0.166. The Morgan fingerprint density at radius 2 is 1.97 bits per heavy atom. The van der Waals surface area contributed by atoms with E-state index in [1.807, 2.05) is 12.1 Å². The van der Waals surface area contributed by atoms with Crippen LogP contribution in [0.15, 0.2) is 42.9 Å². The summed E-state index contributed by atoms with van der Waals surface area (Å²) in [7, 11) is 2.12. The van der Waals surface area contributed by atoms with Crippen molar-refractivity contribution in [3.8, 4) is 11.3 Å². The predicted molar refractivity (Wildman–Crippen MR) is 133 cm³/mol. The molecule has 0 saturated carbocycles. The number of nitrogens with two attached hydrogens (primary N) is 1. The highest BCUT2D eigenvalue weighted by atomic mass is 16.5. The van der Waals surface area contributed by atoms with Gasteiger partial charge in [-0.05, 0) is 36.1 Å². The molecule has 5 rings (SSSR count). The smallest absolute Gasteiger partial charge is 0.189 e. The van der Waals surface area contributed by atoms with Gasteiger partial charge in [0.05, 0.1) is 25.1 Å². The molecule has 3 aromatic rings. The van der Waals surface area contributed by atoms with E-state index in [0.29, 0.717) is 24.8 Å². The van der Waals surface area contributed by atoms with Crippen molar-refractivity contribution in [1.29, 1.82) is 0 Å². The molecular weight excluding hydrogens is 428 g/mol. The Bertz CT molecular complexity index is 1210. The van der Waals surface area contributed by atoms with Crippen molar-refractivity contribution in [2.75, 3.05) is 55.4 Å². The van der Waals surface area contributed by atoms with Crippen LogP contribution in [0.1, 0.15) is 40.9 Å². The molecule has 2 aromatic heterocycles. The average molecular weight is 459 g/mol. The number of hydrogen-bond donors (Lipinski definition) is 1. The van der Waals surface area contributed by atoms with Crippen LogP contribution in [0.2, 0.25) is 0 Å². The highest BCUT2D eigenvalue weighted by Crippen LogP contribution is 2.36. The van der Waals surface area contributed by atoms with Crippen molar-refractivity contribution >= 4 is 23.0 Å². The summed E-state index contributed by atoms with van der Waals surface area (Å²) in [4.78, 5) is 31.1. The summed E-state index contributed by atoms with van der Waals surface area (Å²) in [6, 6.07) is 8.29. The molecule has 4 heterocycles. The van der Waals surface area contributed by atoms with Crippen LogP contribution in [0.4, 0.5) is 17.2 Å². The molecule has 2 aliphatic heterocycles. The first-order valence-electron chi connectivity index (χ1n) is 11.8. The molecule has 2 aliphatic rings. The predicted octanol–water partition coefficient (Wildman–Crippen LogP) is 3.33. The van der Waals surface area contributed by atoms with Gasteiger partial charge in [-0.3, -0.25) is 9.78 Å². The number of ketones is 1. The lowest BCUT2D eigenvalue weighted by Crippen LogP contribution is -2.37. The number of carbonyl (C=O) groups is 1. The highest BCUT2D eigenvalue weighted by molar-refractivity contribution is 6.00. The van der Waals surface area contributed by atoms with Crippen molar-refractivity contribution in [2.45, 2.75) is 25.7 Å². The van der Waals surface area contributed by atoms with Crippen LogP contribution in [0.3, 0.4) is 0 Å². The quantitative estimate of drug-likeness (QED) is 0.582. The van der Waals surface area contributed by atoms with E-state index in [2.05, 4.69) is 50.9 Å². The van der Waals surface area contributed by atoms with E-state index in [1.54, 1.807) is 18.6 Å². The molecule has 1 aromatic carbocycles. The van der Waals surface area contributed by atoms with E-state index in [1.165, 1.54) is 11.3 Å². The van der Waals surface area contributed by atoms with Gasteiger partial charge in [0, 0.05) is 68.0 Å². The molecule has 8 heteroatoms. The summed E-state index contributed by atoms with van der Waals surface area (Å²) < 4.78 is 5.47. The molecular formula is C26H30N6O2. The number of pyridine rings is 1. The second-order valence-corrected chi connectivity index (χ2v) is 9.08. The number of benzene rings is 1. The molecule has 1 fully saturated rings. The van der Waals surface area contributed by atoms with Gasteiger partial charge < -0.3 is 20.3 Å². The minimum Gasteiger partial charge on any atom is -0.382 e. The van der Waals surface area contributed by atoms with Crippen molar-refractivity contribution < 1.29 is 9.53 Å². The monoisotopic (exact) mass is 458 g/mol. The maximum absolute atomic E-state index is 13.3. The fourth-order valence-corrected chi connectivity index (χ4v) is 4.79. The molecule has 0 radical (unpaired) electrons. The van der Waals surface area contributed by atoms with Crippen LogP contribution in [0.5, 0.6) is 0 Å². The van der Waals surface area contributed by atoms with Crippen LogP contribution in [-0.2, 0) is 11.2 Å². The number of aromatic nitrogens is 3. The van der Waals surface area contributed by atoms with Gasteiger partial charge in [-0.15, -0.1) is 0 Å². The second-order valence-electron chi connectivity index (χ2n) is 9.08. The van der Waals surface area contributed by atoms with Crippen LogP contribution in [-0.4, -0.2) is 60.6 Å². The number of rotatable bonds is 5. The van der Waals surface area contributed by atoms with Gasteiger partial charge in [-0.2, -0.15) is 0 Å². The minimum absolute atomic E-state index is 0.150. The van der Waals surface area contributed by atoms with Gasteiger partial charge in [0.1, 0.15) is 5.69 Å². The lowest BCUT2D eigenvalue weighted by molar-refractivity contribution is 0.0988. The third kappa shape index (κ3) is 4.33. The maximum Gasteiger partial charge on any atom is 0.189 e. The van der Waals surface area contributed by atoms with Gasteiger partial charge in [0.25, 0.3) is 0 Å². The Morgan fingerprint density at radius 1 is 1.15 bits per heavy atom. The first-order chi connectivity index (χ1) is 16.5. The lowest BCUT2D eigenvalue weighted by Gasteiger charge is -2.31. The standard InChI is InChI=1S/C26H30N6O2/c1-17-6-8-31(2)23-4-3-18(13-20(17)23)21-16-29-26(27)25(30-21)24(33)14-19-15-28-7-5-22(19)32-9-11-34-12-10-32/h3-5,7,13,15-17H,6,8-12,14H2,1-2H3,(H2,27,29). The Kier molecular flexibility index (Phi) is 6.15. The van der Waals surface area contributed by atoms with E-state index < -0.39 is 0 Å². The zero-order valence-corrected chi connectivity index (χ0v) is 19.7. The number of hydrogen-bond acceptors (Lipinski definition) is 8. The normalized spacial score (nSPS) is 18.0. The third-order valence-electron chi connectivity index (χ3n) is 6.81. The first-order valence-corrected chi connectivity index (χ1v) is 11.8. The largest absolute Gasteiger partial charge is 0.382 e. The Balaban J connectivity index is 1.43. The van der Waals surface area contributed by atoms with Gasteiger partial charge in [-0.1, -0.05) is 13.0 Å². The van der Waals surface area contributed by atoms with Crippen LogP contribution >= 0.6 is 0 Å². The molecule has 2 N–H and O–H groups in total. The maximum atomic E-state index is 13.3. The van der Waals surface area contributed by atoms with E-state index in [9.17, 15) is 4.79 Å². The van der Waals surface area contributed by atoms with E-state index in [0.717, 1.165) is 42.9 Å². The molecule has 1 atom stereocenters. The van der Waals surface area contributed by atoms with E-state index in [4.69, 9.17) is 10.5 Å². The fourth-order valence-electron chi connectivity index (χ4n) is 4.79. The van der Waals surface area contributed by atoms with E-state index >= 15 is 0 Å². The van der Waals surface area contributed by atoms with Crippen molar-refractivity contribution in [1.82, 2.24) is 15.0 Å². The van der Waals surface area contributed by atoms with Crippen LogP contribution in [0.25, 0.3) is 11.3 Å². The number of Topliss-reactive ketones (excluding diaryl/α,β-unsaturated/α-hetero) is 1. The van der Waals surface area contributed by atoms with E-state index in [-0.39, 0.29) is 23.7 Å². The highest BCUT2D eigenvalue weighted by Gasteiger charge is 2.23. The number of morpholine rings is 1. The molecule has 8 nitrogen and oxygen atoms in total. The zero-order valence-electron chi connectivity index (χ0n) is 19.7. The molecule has 0 spiro atoms. The van der Waals surface area contributed by atoms with Crippen molar-refractivity contribution in [3.05, 3.63) is 59.7 Å². The van der Waals surface area contributed by atoms with Gasteiger partial charge >= 0.3 is 0 Å². The summed E-state index contributed by atoms with van der Waals surface area (Å²) in [6.45, 7) is 6.22. The topological polar surface area (TPSA) is 97.5 Å². The van der Waals surface area contributed by atoms with Gasteiger partial charge in [-0.25, -0.2) is 9.97 Å². The summed E-state index contributed by atoms with van der Waals surface area (Å²) in [5.74, 6) is 0.454. The molecule has 34 heavy (non-hydrogen) atoms. The Labute approximate surface area is 199 Å². The Morgan fingerprint density at radius 3 is 2.79 bits per heavy atom. The van der Waals surface area contributed by atoms with Crippen LogP contribution in [0, 0.1) is 0 Å². The molecule has 1 unspecified atom stereocenters. The molecule has 176 valence electrons. The summed E-state index contributed by atoms with van der Waals surface area (Å²) in [5, 5.41) is 0. The van der Waals surface area contributed by atoms with Gasteiger partial charge in [0.2, 0.25) is 0 Å². The number of nitrogens with zero attached hydrogens (tertiary/aromatic N) is 5. The number of anilines is 3. The zero-order chi connectivity index (χ0) is 23.7. The Hall–Kier alpha value is -3.52. The lowest BCUT2D eigenvalue weighted by atomic mass is 9.90. The molecule has 0 bridgehead atoms. The molecule has 0 amide bonds. The average Bonchev–Trinajstić information content (AvgIpc) is 2.87. The molecule has 1 saturated heterocycles. The summed E-state index contributed by atoms with van der Waals surface area (Å²) in [6.07, 6.45) is 6.42. The van der Waals surface area contributed by atoms with Crippen molar-refractivity contribution in [3.63, 3.8) is 0 Å². The number of fused-ring (bicyclic) bond motifs is 1.